The van der Waals surface area contributed by atoms with Crippen LogP contribution in [-0.4, -0.2) is 30.6 Å². The molecule has 0 bridgehead atoms. The fraction of sp³-hybridized carbons (Fsp3) is 0.211. The molecule has 2 rings (SSSR count). The van der Waals surface area contributed by atoms with Gasteiger partial charge < -0.3 is 15.4 Å². The molecule has 7 heteroatoms. The van der Waals surface area contributed by atoms with E-state index in [-0.39, 0.29) is 16.9 Å². The van der Waals surface area contributed by atoms with Crippen molar-refractivity contribution < 1.29 is 14.3 Å². The Bertz CT molecular complexity index is 791. The first-order valence-corrected chi connectivity index (χ1v) is 8.62. The lowest BCUT2D eigenvalue weighted by Gasteiger charge is -2.13. The van der Waals surface area contributed by atoms with Gasteiger partial charge in [-0.3, -0.25) is 14.9 Å². The Morgan fingerprint density at radius 3 is 2.38 bits per heavy atom. The Morgan fingerprint density at radius 2 is 1.73 bits per heavy atom. The van der Waals surface area contributed by atoms with E-state index < -0.39 is 0 Å². The molecule has 0 aliphatic heterocycles. The Morgan fingerprint density at radius 1 is 1.04 bits per heavy atom. The van der Waals surface area contributed by atoms with Gasteiger partial charge in [-0.05, 0) is 55.0 Å². The van der Waals surface area contributed by atoms with Gasteiger partial charge >= 0.3 is 0 Å². The minimum absolute atomic E-state index is 0.160. The number of benzene rings is 2. The molecule has 3 N–H and O–H groups in total. The molecule has 0 heterocycles. The van der Waals surface area contributed by atoms with Crippen LogP contribution in [0, 0.1) is 0 Å². The molecule has 0 aliphatic rings. The molecule has 6 nitrogen and oxygen atoms in total. The summed E-state index contributed by atoms with van der Waals surface area (Å²) in [5, 5.41) is 8.26. The average molecular weight is 371 g/mol. The van der Waals surface area contributed by atoms with Crippen molar-refractivity contribution in [1.82, 2.24) is 10.6 Å². The lowest BCUT2D eigenvalue weighted by atomic mass is 10.2. The van der Waals surface area contributed by atoms with Gasteiger partial charge in [0.2, 0.25) is 0 Å². The van der Waals surface area contributed by atoms with Crippen molar-refractivity contribution in [3.05, 3.63) is 59.7 Å². The van der Waals surface area contributed by atoms with Crippen LogP contribution in [0.25, 0.3) is 0 Å². The highest BCUT2D eigenvalue weighted by molar-refractivity contribution is 7.80. The van der Waals surface area contributed by atoms with E-state index >= 15 is 0 Å². The third kappa shape index (κ3) is 5.29. The normalized spacial score (nSPS) is 9.92. The van der Waals surface area contributed by atoms with Gasteiger partial charge in [-0.1, -0.05) is 19.1 Å². The van der Waals surface area contributed by atoms with Crippen LogP contribution in [0.4, 0.5) is 5.69 Å². The summed E-state index contributed by atoms with van der Waals surface area (Å²) in [7, 11) is 1.57. The molecule has 0 atom stereocenters. The number of carbonyl (C=O) groups excluding carboxylic acids is 2. The number of amides is 2. The lowest BCUT2D eigenvalue weighted by molar-refractivity contribution is 0.0958. The molecular weight excluding hydrogens is 350 g/mol. The van der Waals surface area contributed by atoms with Gasteiger partial charge in [-0.2, -0.15) is 0 Å². The maximum atomic E-state index is 12.4. The Labute approximate surface area is 157 Å². The summed E-state index contributed by atoms with van der Waals surface area (Å²) in [5.74, 6) is -0.00289. The van der Waals surface area contributed by atoms with Crippen molar-refractivity contribution in [2.75, 3.05) is 19.0 Å². The van der Waals surface area contributed by atoms with E-state index in [0.29, 0.717) is 29.2 Å². The largest absolute Gasteiger partial charge is 0.493 e. The molecule has 0 unspecified atom stereocenters. The number of para-hydroxylation sites is 1. The molecule has 2 aromatic rings. The van der Waals surface area contributed by atoms with Gasteiger partial charge in [0.05, 0.1) is 12.2 Å². The Balaban J connectivity index is 1.99. The summed E-state index contributed by atoms with van der Waals surface area (Å²) in [6, 6.07) is 13.8. The standard InChI is InChI=1S/C19H21N3O3S/c1-3-12-25-16-7-5-4-6-15(16)18(24)22-19(26)21-14-10-8-13(9-11-14)17(23)20-2/h4-11H,3,12H2,1-2H3,(H,20,23)(H2,21,22,24,26). The fourth-order valence-electron chi connectivity index (χ4n) is 2.17. The third-order valence-corrected chi connectivity index (χ3v) is 3.66. The van der Waals surface area contributed by atoms with E-state index in [1.165, 1.54) is 0 Å². The van der Waals surface area contributed by atoms with E-state index in [2.05, 4.69) is 16.0 Å². The number of hydrogen-bond donors (Lipinski definition) is 3. The smallest absolute Gasteiger partial charge is 0.261 e. The van der Waals surface area contributed by atoms with Crippen molar-refractivity contribution in [2.24, 2.45) is 0 Å². The highest BCUT2D eigenvalue weighted by Crippen LogP contribution is 2.18. The Hall–Kier alpha value is -2.93. The number of rotatable bonds is 6. The van der Waals surface area contributed by atoms with Crippen LogP contribution in [0.3, 0.4) is 0 Å². The predicted octanol–water partition coefficient (Wildman–Crippen LogP) is 2.96. The summed E-state index contributed by atoms with van der Waals surface area (Å²) in [4.78, 5) is 24.0. The molecule has 0 aromatic heterocycles. The van der Waals surface area contributed by atoms with Crippen molar-refractivity contribution in [3.8, 4) is 5.75 Å². The number of carbonyl (C=O) groups is 2. The summed E-state index contributed by atoms with van der Waals surface area (Å²) in [5.41, 5.74) is 1.62. The van der Waals surface area contributed by atoms with E-state index in [9.17, 15) is 9.59 Å². The molecule has 0 radical (unpaired) electrons. The molecule has 0 aliphatic carbocycles. The lowest BCUT2D eigenvalue weighted by Crippen LogP contribution is -2.34. The zero-order valence-corrected chi connectivity index (χ0v) is 15.5. The number of anilines is 1. The molecule has 0 saturated carbocycles. The van der Waals surface area contributed by atoms with Crippen LogP contribution in [0.1, 0.15) is 34.1 Å². The quantitative estimate of drug-likeness (QED) is 0.681. The van der Waals surface area contributed by atoms with Gasteiger partial charge in [0.15, 0.2) is 5.11 Å². The fourth-order valence-corrected chi connectivity index (χ4v) is 2.38. The van der Waals surface area contributed by atoms with E-state index in [4.69, 9.17) is 17.0 Å². The van der Waals surface area contributed by atoms with E-state index in [0.717, 1.165) is 6.42 Å². The van der Waals surface area contributed by atoms with Crippen LogP contribution in [-0.2, 0) is 0 Å². The zero-order valence-electron chi connectivity index (χ0n) is 14.7. The summed E-state index contributed by atoms with van der Waals surface area (Å²) in [6.07, 6.45) is 0.849. The Kier molecular flexibility index (Phi) is 7.11. The van der Waals surface area contributed by atoms with Crippen molar-refractivity contribution in [3.63, 3.8) is 0 Å². The summed E-state index contributed by atoms with van der Waals surface area (Å²) >= 11 is 5.19. The first kappa shape index (κ1) is 19.4. The third-order valence-electron chi connectivity index (χ3n) is 3.45. The van der Waals surface area contributed by atoms with Crippen LogP contribution in [0.15, 0.2) is 48.5 Å². The molecule has 0 saturated heterocycles. The number of thiocarbonyl (C=S) groups is 1. The van der Waals surface area contributed by atoms with Gasteiger partial charge in [-0.25, -0.2) is 0 Å². The summed E-state index contributed by atoms with van der Waals surface area (Å²) in [6.45, 7) is 2.53. The van der Waals surface area contributed by atoms with Gasteiger partial charge in [-0.15, -0.1) is 0 Å². The number of ether oxygens (including phenoxy) is 1. The molecule has 0 fully saturated rings. The second-order valence-electron chi connectivity index (χ2n) is 5.41. The van der Waals surface area contributed by atoms with Crippen LogP contribution in [0.2, 0.25) is 0 Å². The van der Waals surface area contributed by atoms with Crippen molar-refractivity contribution in [2.45, 2.75) is 13.3 Å². The maximum Gasteiger partial charge on any atom is 0.261 e. The summed E-state index contributed by atoms with van der Waals surface area (Å²) < 4.78 is 5.59. The zero-order chi connectivity index (χ0) is 18.9. The van der Waals surface area contributed by atoms with Crippen molar-refractivity contribution >= 4 is 34.8 Å². The van der Waals surface area contributed by atoms with Crippen LogP contribution < -0.4 is 20.7 Å². The second kappa shape index (κ2) is 9.53. The molecule has 2 aromatic carbocycles. The first-order valence-electron chi connectivity index (χ1n) is 8.21. The van der Waals surface area contributed by atoms with Gasteiger partial charge in [0, 0.05) is 18.3 Å². The van der Waals surface area contributed by atoms with E-state index in [1.54, 1.807) is 49.5 Å². The molecule has 0 spiro atoms. The molecule has 136 valence electrons. The topological polar surface area (TPSA) is 79.5 Å². The first-order chi connectivity index (χ1) is 12.5. The molecular formula is C19H21N3O3S. The minimum atomic E-state index is -0.351. The molecule has 2 amide bonds. The SMILES string of the molecule is CCCOc1ccccc1C(=O)NC(=S)Nc1ccc(C(=O)NC)cc1. The number of hydrogen-bond acceptors (Lipinski definition) is 4. The highest BCUT2D eigenvalue weighted by atomic mass is 32.1. The highest BCUT2D eigenvalue weighted by Gasteiger charge is 2.13. The van der Waals surface area contributed by atoms with E-state index in [1.807, 2.05) is 13.0 Å². The van der Waals surface area contributed by atoms with Crippen molar-refractivity contribution in [1.29, 1.82) is 0 Å². The van der Waals surface area contributed by atoms with Gasteiger partial charge in [0.25, 0.3) is 11.8 Å². The van der Waals surface area contributed by atoms with Crippen LogP contribution in [0.5, 0.6) is 5.75 Å². The maximum absolute atomic E-state index is 12.4. The minimum Gasteiger partial charge on any atom is -0.493 e. The predicted molar refractivity (Wildman–Crippen MR) is 106 cm³/mol. The van der Waals surface area contributed by atoms with Crippen LogP contribution >= 0.6 is 12.2 Å². The molecule has 26 heavy (non-hydrogen) atoms. The monoisotopic (exact) mass is 371 g/mol. The average Bonchev–Trinajstić information content (AvgIpc) is 2.66. The second-order valence-corrected chi connectivity index (χ2v) is 5.82. The van der Waals surface area contributed by atoms with Gasteiger partial charge in [0.1, 0.15) is 5.75 Å². The number of nitrogens with one attached hydrogen (secondary N) is 3.